The fourth-order valence-electron chi connectivity index (χ4n) is 4.20. The fourth-order valence-corrected chi connectivity index (χ4v) is 6.94. The molecule has 0 radical (unpaired) electrons. The van der Waals surface area contributed by atoms with Gasteiger partial charge in [-0.05, 0) is 88.0 Å². The molecule has 3 aromatic rings. The number of nitrogen functional groups attached to an aromatic ring is 1. The average Bonchev–Trinajstić information content (AvgIpc) is 3.30. The zero-order valence-corrected chi connectivity index (χ0v) is 26.5. The lowest BCUT2D eigenvalue weighted by atomic mass is 9.81. The van der Waals surface area contributed by atoms with E-state index in [0.29, 0.717) is 11.4 Å². The summed E-state index contributed by atoms with van der Waals surface area (Å²) in [5, 5.41) is 1.05. The number of carbonyl (C=O) groups is 1. The second kappa shape index (κ2) is 10.8. The highest BCUT2D eigenvalue weighted by Gasteiger charge is 2.50. The predicted octanol–water partition coefficient (Wildman–Crippen LogP) is 8.13. The molecule has 0 bridgehead atoms. The third-order valence-corrected chi connectivity index (χ3v) is 13.2. The molecule has 2 heterocycles. The summed E-state index contributed by atoms with van der Waals surface area (Å²) in [6, 6.07) is 6.78. The number of thiazole rings is 1. The minimum Gasteiger partial charge on any atom is -0.443 e. The molecule has 0 saturated heterocycles. The topological polar surface area (TPSA) is 103 Å². The number of alkyl halides is 1. The van der Waals surface area contributed by atoms with Crippen LogP contribution in [0.25, 0.3) is 10.4 Å². The Bertz CT molecular complexity index is 1380. The lowest BCUT2D eigenvalue weighted by molar-refractivity contribution is -0.0254. The largest absolute Gasteiger partial charge is 0.443 e. The molecule has 0 unspecified atom stereocenters. The second-order valence-corrected chi connectivity index (χ2v) is 18.6. The maximum atomic E-state index is 13.4. The normalized spacial score (nSPS) is 15.4. The molecule has 0 aliphatic heterocycles. The number of benzene rings is 1. The van der Waals surface area contributed by atoms with Gasteiger partial charge >= 0.3 is 6.09 Å². The number of nitrogens with zero attached hydrogens (tertiary/aromatic N) is 4. The molecule has 0 spiro atoms. The van der Waals surface area contributed by atoms with E-state index in [0.717, 1.165) is 34.7 Å². The summed E-state index contributed by atoms with van der Waals surface area (Å²) in [6.07, 6.45) is 5.56. The van der Waals surface area contributed by atoms with Crippen LogP contribution in [0.4, 0.5) is 26.5 Å². The number of hydrogen-bond acceptors (Lipinski definition) is 8. The Kier molecular flexibility index (Phi) is 8.14. The second-order valence-electron chi connectivity index (χ2n) is 12.9. The quantitative estimate of drug-likeness (QED) is 0.220. The number of ether oxygens (including phenoxy) is 1. The number of carbonyl (C=O) groups excluding carboxylic acids is 1. The van der Waals surface area contributed by atoms with Gasteiger partial charge in [-0.2, -0.15) is 0 Å². The Morgan fingerprint density at radius 2 is 1.85 bits per heavy atom. The van der Waals surface area contributed by atoms with E-state index >= 15 is 0 Å². The van der Waals surface area contributed by atoms with Crippen molar-refractivity contribution in [1.29, 1.82) is 0 Å². The summed E-state index contributed by atoms with van der Waals surface area (Å²) in [4.78, 5) is 28.8. The van der Waals surface area contributed by atoms with Gasteiger partial charge in [-0.25, -0.2) is 29.0 Å². The van der Waals surface area contributed by atoms with Crippen LogP contribution in [-0.2, 0) is 21.4 Å². The summed E-state index contributed by atoms with van der Waals surface area (Å²) >= 11 is 1.58. The molecule has 1 amide bonds. The van der Waals surface area contributed by atoms with Crippen LogP contribution >= 0.6 is 11.3 Å². The van der Waals surface area contributed by atoms with E-state index < -0.39 is 26.7 Å². The number of rotatable bonds is 7. The third kappa shape index (κ3) is 6.36. The highest BCUT2D eigenvalue weighted by atomic mass is 32.1. The van der Waals surface area contributed by atoms with Gasteiger partial charge in [-0.1, -0.05) is 20.8 Å². The molecule has 8 nitrogen and oxygen atoms in total. The van der Waals surface area contributed by atoms with Gasteiger partial charge in [0.05, 0.1) is 16.3 Å². The molecule has 1 aromatic carbocycles. The van der Waals surface area contributed by atoms with Crippen molar-refractivity contribution in [2.45, 2.75) is 96.8 Å². The van der Waals surface area contributed by atoms with Gasteiger partial charge in [0.15, 0.2) is 8.32 Å². The minimum atomic E-state index is -2.03. The number of amides is 1. The van der Waals surface area contributed by atoms with Crippen molar-refractivity contribution in [3.8, 4) is 10.4 Å². The van der Waals surface area contributed by atoms with Crippen molar-refractivity contribution >= 4 is 43.1 Å². The molecule has 1 aliphatic rings. The first-order valence-corrected chi connectivity index (χ1v) is 17.2. The fraction of sp³-hybridized carbons (Fsp3) is 0.517. The lowest BCUT2D eigenvalue weighted by Gasteiger charge is -2.49. The summed E-state index contributed by atoms with van der Waals surface area (Å²) < 4.78 is 26.0. The number of anilines is 3. The summed E-state index contributed by atoms with van der Waals surface area (Å²) in [5.74, 6) is 0.00198. The highest BCUT2D eigenvalue weighted by molar-refractivity contribution is 7.15. The Hall–Kier alpha value is -2.89. The molecule has 40 heavy (non-hydrogen) atoms. The van der Waals surface area contributed by atoms with Crippen molar-refractivity contribution in [1.82, 2.24) is 15.0 Å². The van der Waals surface area contributed by atoms with Gasteiger partial charge in [0.25, 0.3) is 0 Å². The molecule has 4 rings (SSSR count). The lowest BCUT2D eigenvalue weighted by Crippen LogP contribution is -2.51. The molecule has 0 atom stereocenters. The molecule has 1 fully saturated rings. The van der Waals surface area contributed by atoms with Gasteiger partial charge < -0.3 is 14.9 Å². The van der Waals surface area contributed by atoms with E-state index in [1.807, 2.05) is 18.3 Å². The van der Waals surface area contributed by atoms with Crippen molar-refractivity contribution in [2.75, 3.05) is 10.6 Å². The van der Waals surface area contributed by atoms with E-state index in [2.05, 4.69) is 43.8 Å². The summed E-state index contributed by atoms with van der Waals surface area (Å²) in [5.41, 5.74) is 7.00. The van der Waals surface area contributed by atoms with Gasteiger partial charge in [-0.15, -0.1) is 11.3 Å². The van der Waals surface area contributed by atoms with Crippen molar-refractivity contribution in [3.63, 3.8) is 0 Å². The Morgan fingerprint density at radius 1 is 1.15 bits per heavy atom. The van der Waals surface area contributed by atoms with Gasteiger partial charge in [0.1, 0.15) is 22.9 Å². The number of halogens is 1. The number of hydrogen-bond donors (Lipinski definition) is 1. The van der Waals surface area contributed by atoms with E-state index in [9.17, 15) is 9.18 Å². The highest BCUT2D eigenvalue weighted by Crippen LogP contribution is 2.52. The maximum Gasteiger partial charge on any atom is 0.421 e. The zero-order valence-electron chi connectivity index (χ0n) is 24.7. The zero-order chi connectivity index (χ0) is 29.5. The number of nitrogens with two attached hydrogens (primary N) is 1. The van der Waals surface area contributed by atoms with Crippen LogP contribution in [0, 0.1) is 0 Å². The standard InChI is InChI=1S/C29H40FN5O3SSi/c1-27(2,3)37-26(36)35(25-32-13-10-21(17-30)34-25)22-15-19(14-20(31)16-22)23-18-33-24(39-23)29(11-9-12-29)38-40(7,8)28(4,5)6/h10,13-16,18H,9,11-12,17,31H2,1-8H3. The van der Waals surface area contributed by atoms with Crippen LogP contribution in [0.15, 0.2) is 36.7 Å². The van der Waals surface area contributed by atoms with Crippen LogP contribution in [0.2, 0.25) is 18.1 Å². The van der Waals surface area contributed by atoms with Gasteiger partial charge in [0.2, 0.25) is 5.95 Å². The molecule has 2 aromatic heterocycles. The van der Waals surface area contributed by atoms with Gasteiger partial charge in [0, 0.05) is 18.1 Å². The van der Waals surface area contributed by atoms with Crippen LogP contribution in [0.5, 0.6) is 0 Å². The first-order chi connectivity index (χ1) is 18.5. The Balaban J connectivity index is 1.74. The molecule has 216 valence electrons. The smallest absolute Gasteiger partial charge is 0.421 e. The molecule has 1 saturated carbocycles. The van der Waals surface area contributed by atoms with Crippen LogP contribution < -0.4 is 10.6 Å². The Morgan fingerprint density at radius 3 is 2.42 bits per heavy atom. The molecular formula is C29H40FN5O3SSi. The third-order valence-electron chi connectivity index (χ3n) is 7.41. The van der Waals surface area contributed by atoms with E-state index in [1.54, 1.807) is 38.2 Å². The number of aromatic nitrogens is 3. The van der Waals surface area contributed by atoms with Crippen LogP contribution in [0.1, 0.15) is 71.5 Å². The Labute approximate surface area is 241 Å². The predicted molar refractivity (Wildman–Crippen MR) is 161 cm³/mol. The average molecular weight is 586 g/mol. The minimum absolute atomic E-state index is 0.00198. The molecule has 11 heteroatoms. The van der Waals surface area contributed by atoms with Crippen molar-refractivity contribution in [3.05, 3.63) is 47.4 Å². The van der Waals surface area contributed by atoms with E-state index in [4.69, 9.17) is 19.9 Å². The summed E-state index contributed by atoms with van der Waals surface area (Å²) in [6.45, 7) is 15.8. The van der Waals surface area contributed by atoms with E-state index in [-0.39, 0.29) is 22.3 Å². The molecular weight excluding hydrogens is 546 g/mol. The first-order valence-electron chi connectivity index (χ1n) is 13.5. The van der Waals surface area contributed by atoms with Crippen molar-refractivity contribution < 1.29 is 18.3 Å². The SMILES string of the molecule is CC(C)(C)OC(=O)N(c1cc(N)cc(-c2cnc(C3(O[Si](C)(C)C(C)(C)C)CCC3)s2)c1)c1nccc(CF)n1. The maximum absolute atomic E-state index is 13.4. The molecule has 2 N–H and O–H groups in total. The van der Waals surface area contributed by atoms with Crippen LogP contribution in [-0.4, -0.2) is 35.0 Å². The van der Waals surface area contributed by atoms with Gasteiger partial charge in [-0.3, -0.25) is 0 Å². The van der Waals surface area contributed by atoms with Crippen LogP contribution in [0.3, 0.4) is 0 Å². The monoisotopic (exact) mass is 585 g/mol. The summed E-state index contributed by atoms with van der Waals surface area (Å²) in [7, 11) is -2.03. The molecule has 1 aliphatic carbocycles. The van der Waals surface area contributed by atoms with E-state index in [1.165, 1.54) is 17.2 Å². The first kappa shape index (κ1) is 30.1. The van der Waals surface area contributed by atoms with Crippen molar-refractivity contribution in [2.24, 2.45) is 0 Å².